The average Bonchev–Trinajstić information content (AvgIpc) is 1.64. The average molecular weight is 157 g/mol. The van der Waals surface area contributed by atoms with Gasteiger partial charge in [0.2, 0.25) is 0 Å². The van der Waals surface area contributed by atoms with Gasteiger partial charge in [-0.05, 0) is 5.92 Å². The molecule has 0 aliphatic heterocycles. The van der Waals surface area contributed by atoms with Crippen LogP contribution in [0.4, 0.5) is 0 Å². The monoisotopic (exact) mass is 157 g/mol. The summed E-state index contributed by atoms with van der Waals surface area (Å²) in [4.78, 5) is 10.0. The summed E-state index contributed by atoms with van der Waals surface area (Å²) in [5.41, 5.74) is 5.16. The summed E-state index contributed by atoms with van der Waals surface area (Å²) < 4.78 is 0. The first-order chi connectivity index (χ1) is 3.55. The van der Waals surface area contributed by atoms with Crippen molar-refractivity contribution in [2.45, 2.75) is 19.9 Å². The molecule has 0 aromatic rings. The Hall–Kier alpha value is 1.07. The van der Waals surface area contributed by atoms with Crippen molar-refractivity contribution in [3.63, 3.8) is 0 Å². The van der Waals surface area contributed by atoms with Crippen molar-refractivity contribution in [2.24, 2.45) is 11.7 Å². The Balaban J connectivity index is -0.000000245. The van der Waals surface area contributed by atoms with Crippen molar-refractivity contribution in [3.05, 3.63) is 0 Å². The number of carbonyl (C=O) groups is 1. The van der Waals surface area contributed by atoms with Crippen molar-refractivity contribution in [1.29, 1.82) is 0 Å². The first-order valence-electron chi connectivity index (χ1n) is 2.54. The molecule has 0 heterocycles. The van der Waals surface area contributed by atoms with Crippen LogP contribution in [-0.2, 0) is 4.79 Å². The topological polar surface area (TPSA) is 63.3 Å². The molecule has 0 amide bonds. The van der Waals surface area contributed by atoms with E-state index in [0.29, 0.717) is 0 Å². The molecule has 0 radical (unpaired) electrons. The predicted octanol–water partition coefficient (Wildman–Crippen LogP) is -2.83. The molecule has 50 valence electrons. The number of hydrogen-bond acceptors (Lipinski definition) is 2. The quantitative estimate of drug-likeness (QED) is 0.425. The summed E-state index contributed by atoms with van der Waals surface area (Å²) in [6, 6.07) is -0.713. The Morgan fingerprint density at radius 3 is 2.00 bits per heavy atom. The third kappa shape index (κ3) is 5.51. The Kier molecular flexibility index (Phi) is 8.23. The van der Waals surface area contributed by atoms with Gasteiger partial charge in [0.15, 0.2) is 0 Å². The molecule has 0 fully saturated rings. The van der Waals surface area contributed by atoms with Crippen LogP contribution in [0.25, 0.3) is 0 Å². The van der Waals surface area contributed by atoms with Gasteiger partial charge in [-0.3, -0.25) is 4.79 Å². The van der Waals surface area contributed by atoms with Gasteiger partial charge < -0.3 is 12.3 Å². The van der Waals surface area contributed by atoms with Gasteiger partial charge in [0.1, 0.15) is 6.04 Å². The van der Waals surface area contributed by atoms with Gasteiger partial charge in [0.25, 0.3) is 0 Å². The summed E-state index contributed by atoms with van der Waals surface area (Å²) in [5.74, 6) is -0.910. The van der Waals surface area contributed by atoms with Gasteiger partial charge in [-0.1, -0.05) is 13.8 Å². The number of nitrogens with two attached hydrogens (primary N) is 1. The summed E-state index contributed by atoms with van der Waals surface area (Å²) in [6.07, 6.45) is 0. The molecule has 0 bridgehead atoms. The molecule has 9 heavy (non-hydrogen) atoms. The van der Waals surface area contributed by atoms with Gasteiger partial charge in [-0.2, -0.15) is 0 Å². The third-order valence-corrected chi connectivity index (χ3v) is 1.00. The van der Waals surface area contributed by atoms with E-state index in [4.69, 9.17) is 10.8 Å². The normalized spacial score (nSPS) is 12.4. The second-order valence-electron chi connectivity index (χ2n) is 2.11. The Labute approximate surface area is 98.9 Å². The number of carboxylic acid groups (broad SMARTS) is 1. The fourth-order valence-corrected chi connectivity index (χ4v) is 0.285. The number of rotatable bonds is 2. The van der Waals surface area contributed by atoms with E-state index < -0.39 is 12.0 Å². The molecule has 1 unspecified atom stereocenters. The van der Waals surface area contributed by atoms with Crippen LogP contribution in [0.3, 0.4) is 0 Å². The molecule has 0 saturated heterocycles. The van der Waals surface area contributed by atoms with Crippen molar-refractivity contribution in [2.75, 3.05) is 0 Å². The van der Waals surface area contributed by atoms with E-state index in [9.17, 15) is 4.79 Å². The van der Waals surface area contributed by atoms with Crippen molar-refractivity contribution in [1.82, 2.24) is 0 Å². The molecular weight excluding hydrogens is 145 g/mol. The van der Waals surface area contributed by atoms with Gasteiger partial charge in [-0.15, -0.1) is 0 Å². The summed E-state index contributed by atoms with van der Waals surface area (Å²) in [5, 5.41) is 8.23. The van der Waals surface area contributed by atoms with Crippen LogP contribution in [0.15, 0.2) is 0 Å². The Morgan fingerprint density at radius 1 is 1.67 bits per heavy atom. The van der Waals surface area contributed by atoms with Gasteiger partial charge in [0.05, 0.1) is 0 Å². The zero-order chi connectivity index (χ0) is 6.73. The van der Waals surface area contributed by atoms with Crippen LogP contribution in [-0.4, -0.2) is 17.1 Å². The number of aliphatic carboxylic acids is 1. The van der Waals surface area contributed by atoms with E-state index in [1.54, 1.807) is 13.8 Å². The summed E-state index contributed by atoms with van der Waals surface area (Å²) in [6.45, 7) is 3.55. The Morgan fingerprint density at radius 2 is 2.00 bits per heavy atom. The number of carboxylic acids is 1. The van der Waals surface area contributed by atoms with E-state index in [2.05, 4.69) is 0 Å². The maximum absolute atomic E-state index is 10.0. The zero-order valence-electron chi connectivity index (χ0n) is 7.09. The summed E-state index contributed by atoms with van der Waals surface area (Å²) >= 11 is 0. The summed E-state index contributed by atoms with van der Waals surface area (Å²) in [7, 11) is 0. The molecular formula is C5H12KNO2. The minimum Gasteiger partial charge on any atom is -1.00 e. The maximum Gasteiger partial charge on any atom is 1.00 e. The fraction of sp³-hybridized carbons (Fsp3) is 0.800. The molecule has 3 N–H and O–H groups in total. The Bertz CT molecular complexity index is 99.6. The first kappa shape index (κ1) is 12.7. The van der Waals surface area contributed by atoms with Crippen molar-refractivity contribution in [3.8, 4) is 0 Å². The molecule has 3 nitrogen and oxygen atoms in total. The van der Waals surface area contributed by atoms with Gasteiger partial charge in [0, 0.05) is 0 Å². The standard InChI is InChI=1S/C5H11NO2.K.H/c1-3(2)4(6)5(7)8;;/h3-4H,6H2,1-2H3,(H,7,8);;/q;+1;-1. The van der Waals surface area contributed by atoms with Crippen LogP contribution in [0.5, 0.6) is 0 Å². The van der Waals surface area contributed by atoms with Crippen molar-refractivity contribution < 1.29 is 62.7 Å². The van der Waals surface area contributed by atoms with Gasteiger partial charge >= 0.3 is 57.4 Å². The zero-order valence-corrected chi connectivity index (χ0v) is 9.21. The fourth-order valence-electron chi connectivity index (χ4n) is 0.285. The predicted molar refractivity (Wildman–Crippen MR) is 31.6 cm³/mol. The molecule has 0 aromatic heterocycles. The van der Waals surface area contributed by atoms with E-state index in [1.165, 1.54) is 0 Å². The van der Waals surface area contributed by atoms with E-state index in [0.717, 1.165) is 0 Å². The van der Waals surface area contributed by atoms with E-state index in [1.807, 2.05) is 0 Å². The van der Waals surface area contributed by atoms with E-state index >= 15 is 0 Å². The smallest absolute Gasteiger partial charge is 1.00 e. The first-order valence-corrected chi connectivity index (χ1v) is 2.54. The molecule has 0 aliphatic rings. The largest absolute Gasteiger partial charge is 1.00 e. The molecule has 4 heteroatoms. The van der Waals surface area contributed by atoms with Gasteiger partial charge in [-0.25, -0.2) is 0 Å². The van der Waals surface area contributed by atoms with Crippen LogP contribution >= 0.6 is 0 Å². The second-order valence-corrected chi connectivity index (χ2v) is 2.11. The number of hydrogen-bond donors (Lipinski definition) is 2. The second kappa shape index (κ2) is 5.82. The molecule has 1 atom stereocenters. The molecule has 0 spiro atoms. The third-order valence-electron chi connectivity index (χ3n) is 1.00. The van der Waals surface area contributed by atoms with Crippen LogP contribution < -0.4 is 57.1 Å². The SMILES string of the molecule is CC(C)C(N)C(=O)O.[H-].[K+]. The van der Waals surface area contributed by atoms with Crippen LogP contribution in [0.2, 0.25) is 0 Å². The van der Waals surface area contributed by atoms with Crippen LogP contribution in [0.1, 0.15) is 15.3 Å². The maximum atomic E-state index is 10.0. The molecule has 0 aromatic carbocycles. The molecule has 0 rings (SSSR count). The minimum absolute atomic E-state index is 0. The molecule has 0 aliphatic carbocycles. The molecule has 0 saturated carbocycles. The van der Waals surface area contributed by atoms with Crippen molar-refractivity contribution >= 4 is 5.97 Å². The van der Waals surface area contributed by atoms with E-state index in [-0.39, 0.29) is 58.7 Å². The van der Waals surface area contributed by atoms with Crippen LogP contribution in [0, 0.1) is 5.92 Å². The minimum atomic E-state index is -0.931.